The first-order valence-corrected chi connectivity index (χ1v) is 13.6. The molecule has 0 spiro atoms. The van der Waals surface area contributed by atoms with Gasteiger partial charge in [-0.1, -0.05) is 48.5 Å². The second-order valence-electron chi connectivity index (χ2n) is 9.36. The summed E-state index contributed by atoms with van der Waals surface area (Å²) in [6.45, 7) is 0.0777. The number of thiophene rings is 2. The molecule has 0 aliphatic heterocycles. The van der Waals surface area contributed by atoms with E-state index >= 15 is 0 Å². The zero-order chi connectivity index (χ0) is 24.0. The van der Waals surface area contributed by atoms with Gasteiger partial charge >= 0.3 is 0 Å². The topological polar surface area (TPSA) is 29.5 Å². The van der Waals surface area contributed by atoms with Crippen LogP contribution >= 0.6 is 22.7 Å². The fourth-order valence-electron chi connectivity index (χ4n) is 5.72. The number of aliphatic hydroxyl groups excluding tert-OH is 1. The van der Waals surface area contributed by atoms with E-state index in [-0.39, 0.29) is 6.61 Å². The molecule has 4 heteroatoms. The third-order valence-corrected chi connectivity index (χ3v) is 9.92. The van der Waals surface area contributed by atoms with Gasteiger partial charge in [-0.15, -0.1) is 22.7 Å². The molecular weight excluding hydrogens is 480 g/mol. The molecular formula is C32H20O2S2. The van der Waals surface area contributed by atoms with Crippen molar-refractivity contribution in [2.45, 2.75) is 6.61 Å². The van der Waals surface area contributed by atoms with Gasteiger partial charge in [0.05, 0.1) is 13.7 Å². The van der Waals surface area contributed by atoms with Crippen LogP contribution in [-0.2, 0) is 6.61 Å². The van der Waals surface area contributed by atoms with E-state index in [9.17, 15) is 5.11 Å². The van der Waals surface area contributed by atoms with Crippen molar-refractivity contribution in [1.82, 2.24) is 0 Å². The molecule has 8 rings (SSSR count). The van der Waals surface area contributed by atoms with Crippen molar-refractivity contribution in [3.63, 3.8) is 0 Å². The minimum atomic E-state index is 0.0777. The van der Waals surface area contributed by atoms with Crippen LogP contribution in [0.2, 0.25) is 0 Å². The number of benzene rings is 4. The second kappa shape index (κ2) is 7.40. The zero-order valence-electron chi connectivity index (χ0n) is 19.5. The van der Waals surface area contributed by atoms with Gasteiger partial charge in [-0.05, 0) is 75.0 Å². The monoisotopic (exact) mass is 500 g/mol. The van der Waals surface area contributed by atoms with Gasteiger partial charge in [-0.2, -0.15) is 0 Å². The molecule has 0 radical (unpaired) electrons. The summed E-state index contributed by atoms with van der Waals surface area (Å²) in [5.41, 5.74) is 11.5. The highest BCUT2D eigenvalue weighted by Crippen LogP contribution is 2.60. The SMILES string of the molecule is COc1ccc(-c2cc3c(s2)-c2ccc4c5c(ccc-3c25)-c2cc(-c3ccc(CO)cc3)sc2-4)cc1. The van der Waals surface area contributed by atoms with Gasteiger partial charge < -0.3 is 9.84 Å². The summed E-state index contributed by atoms with van der Waals surface area (Å²) in [6, 6.07) is 30.6. The first-order valence-electron chi connectivity index (χ1n) is 12.0. The molecule has 1 N–H and O–H groups in total. The van der Waals surface area contributed by atoms with E-state index in [4.69, 9.17) is 4.74 Å². The van der Waals surface area contributed by atoms with Gasteiger partial charge in [0.1, 0.15) is 5.75 Å². The average Bonchev–Trinajstić information content (AvgIpc) is 3.68. The van der Waals surface area contributed by atoms with Gasteiger partial charge in [0.25, 0.3) is 0 Å². The molecule has 0 unspecified atom stereocenters. The Labute approximate surface area is 216 Å². The number of methoxy groups -OCH3 is 1. The Kier molecular flexibility index (Phi) is 4.21. The Hall–Kier alpha value is -3.70. The lowest BCUT2D eigenvalue weighted by Gasteiger charge is -2.08. The number of hydrogen-bond donors (Lipinski definition) is 1. The van der Waals surface area contributed by atoms with Crippen molar-refractivity contribution >= 4 is 33.4 Å². The third-order valence-electron chi connectivity index (χ3n) is 7.49. The molecule has 2 nitrogen and oxygen atoms in total. The van der Waals surface area contributed by atoms with Crippen LogP contribution in [0.3, 0.4) is 0 Å². The summed E-state index contributed by atoms with van der Waals surface area (Å²) < 4.78 is 5.34. The van der Waals surface area contributed by atoms with Crippen LogP contribution in [0.15, 0.2) is 84.9 Å². The summed E-state index contributed by atoms with van der Waals surface area (Å²) in [4.78, 5) is 5.30. The molecule has 6 aromatic rings. The minimum Gasteiger partial charge on any atom is -0.497 e. The highest BCUT2D eigenvalue weighted by Gasteiger charge is 2.32. The zero-order valence-corrected chi connectivity index (χ0v) is 21.1. The quantitative estimate of drug-likeness (QED) is 0.261. The van der Waals surface area contributed by atoms with Crippen molar-refractivity contribution in [1.29, 1.82) is 0 Å². The van der Waals surface area contributed by atoms with E-state index in [1.54, 1.807) is 7.11 Å². The van der Waals surface area contributed by atoms with Crippen LogP contribution in [-0.4, -0.2) is 12.2 Å². The first kappa shape index (κ1) is 20.5. The highest BCUT2D eigenvalue weighted by atomic mass is 32.1. The van der Waals surface area contributed by atoms with Gasteiger partial charge in [0, 0.05) is 41.8 Å². The van der Waals surface area contributed by atoms with Gasteiger partial charge in [-0.3, -0.25) is 0 Å². The molecule has 4 aromatic carbocycles. The summed E-state index contributed by atoms with van der Waals surface area (Å²) in [5, 5.41) is 12.2. The lowest BCUT2D eigenvalue weighted by molar-refractivity contribution is 0.282. The molecule has 0 bridgehead atoms. The van der Waals surface area contributed by atoms with Crippen LogP contribution in [0.25, 0.3) is 74.8 Å². The van der Waals surface area contributed by atoms with Gasteiger partial charge in [0.15, 0.2) is 0 Å². The van der Waals surface area contributed by atoms with Crippen molar-refractivity contribution < 1.29 is 9.84 Å². The molecule has 0 saturated heterocycles. The largest absolute Gasteiger partial charge is 0.497 e. The van der Waals surface area contributed by atoms with Crippen LogP contribution in [0.4, 0.5) is 0 Å². The van der Waals surface area contributed by atoms with Crippen LogP contribution in [0, 0.1) is 0 Å². The number of hydrogen-bond acceptors (Lipinski definition) is 4. The third kappa shape index (κ3) is 2.69. The summed E-state index contributed by atoms with van der Waals surface area (Å²) in [5.74, 6) is 0.884. The van der Waals surface area contributed by atoms with Crippen molar-refractivity contribution in [2.75, 3.05) is 7.11 Å². The lowest BCUT2D eigenvalue weighted by atomic mass is 9.97. The molecule has 2 aromatic heterocycles. The Morgan fingerprint density at radius 3 is 1.53 bits per heavy atom. The molecule has 2 aliphatic rings. The smallest absolute Gasteiger partial charge is 0.118 e. The molecule has 0 amide bonds. The number of aliphatic hydroxyl groups is 1. The predicted molar refractivity (Wildman–Crippen MR) is 152 cm³/mol. The van der Waals surface area contributed by atoms with E-state index in [2.05, 4.69) is 60.7 Å². The predicted octanol–water partition coefficient (Wildman–Crippen LogP) is 9.09. The van der Waals surface area contributed by atoms with E-state index in [1.807, 2.05) is 46.9 Å². The van der Waals surface area contributed by atoms with Crippen LogP contribution < -0.4 is 4.74 Å². The minimum absolute atomic E-state index is 0.0777. The number of rotatable bonds is 4. The summed E-state index contributed by atoms with van der Waals surface area (Å²) >= 11 is 3.75. The fraction of sp³-hybridized carbons (Fsp3) is 0.0625. The molecule has 0 fully saturated rings. The molecule has 172 valence electrons. The Bertz CT molecular complexity index is 1620. The molecule has 2 aliphatic carbocycles. The van der Waals surface area contributed by atoms with Crippen LogP contribution in [0.1, 0.15) is 5.56 Å². The Morgan fingerprint density at radius 2 is 1.06 bits per heavy atom. The van der Waals surface area contributed by atoms with Crippen molar-refractivity contribution in [3.8, 4) is 69.8 Å². The van der Waals surface area contributed by atoms with Gasteiger partial charge in [0.2, 0.25) is 0 Å². The van der Waals surface area contributed by atoms with Gasteiger partial charge in [-0.25, -0.2) is 0 Å². The molecule has 0 atom stereocenters. The van der Waals surface area contributed by atoms with E-state index in [0.29, 0.717) is 0 Å². The lowest BCUT2D eigenvalue weighted by Crippen LogP contribution is -1.82. The van der Waals surface area contributed by atoms with Crippen molar-refractivity contribution in [3.05, 3.63) is 90.5 Å². The molecule has 36 heavy (non-hydrogen) atoms. The summed E-state index contributed by atoms with van der Waals surface area (Å²) in [6.07, 6.45) is 0. The maximum Gasteiger partial charge on any atom is 0.118 e. The van der Waals surface area contributed by atoms with E-state index in [1.165, 1.54) is 74.8 Å². The maximum absolute atomic E-state index is 9.38. The molecule has 0 saturated carbocycles. The average molecular weight is 501 g/mol. The van der Waals surface area contributed by atoms with E-state index in [0.717, 1.165) is 11.3 Å². The maximum atomic E-state index is 9.38. The Morgan fingerprint density at radius 1 is 0.583 bits per heavy atom. The summed E-state index contributed by atoms with van der Waals surface area (Å²) in [7, 11) is 1.70. The number of ether oxygens (including phenoxy) is 1. The van der Waals surface area contributed by atoms with E-state index < -0.39 is 0 Å². The fourth-order valence-corrected chi connectivity index (χ4v) is 8.14. The Balaban J connectivity index is 1.24. The normalized spacial score (nSPS) is 12.3. The van der Waals surface area contributed by atoms with Crippen molar-refractivity contribution in [2.24, 2.45) is 0 Å². The number of fused-ring (bicyclic) bond motifs is 6. The first-order chi connectivity index (χ1) is 17.7. The second-order valence-corrected chi connectivity index (χ2v) is 11.5. The highest BCUT2D eigenvalue weighted by molar-refractivity contribution is 7.20. The molecule has 2 heterocycles. The standard InChI is InChI=1S/C32H20O2S2/c1-34-20-8-6-19(7-9-20)28-15-26-22-11-10-21-25-14-27(18-4-2-17(16-33)3-5-18)35-31(25)23-12-13-24(32(26)36-28)30(22)29(21)23/h2-15,33H,16H2,1H3. The van der Waals surface area contributed by atoms with Crippen LogP contribution in [0.5, 0.6) is 5.75 Å².